The molecule has 1 fully saturated rings. The standard InChI is InChI=1S/C19H23ClN6O2S/c1-19(2,3)18-22-21-16-8-9-17(23-26(16)18)24-10-12-25(13-11-24)29(27,28)15-6-4-14(20)5-7-15/h4-9H,10-13H2,1-3H3. The maximum atomic E-state index is 12.9. The second kappa shape index (κ2) is 7.23. The van der Waals surface area contributed by atoms with Gasteiger partial charge in [-0.1, -0.05) is 32.4 Å². The van der Waals surface area contributed by atoms with Crippen LogP contribution in [-0.4, -0.2) is 58.7 Å². The Kier molecular flexibility index (Phi) is 5.00. The molecule has 0 spiro atoms. The van der Waals surface area contributed by atoms with Crippen LogP contribution in [0.2, 0.25) is 5.02 Å². The summed E-state index contributed by atoms with van der Waals surface area (Å²) < 4.78 is 29.0. The molecule has 1 saturated heterocycles. The third-order valence-electron chi connectivity index (χ3n) is 4.93. The zero-order valence-electron chi connectivity index (χ0n) is 16.6. The van der Waals surface area contributed by atoms with Crippen molar-refractivity contribution in [1.29, 1.82) is 0 Å². The lowest BCUT2D eigenvalue weighted by molar-refractivity contribution is 0.383. The van der Waals surface area contributed by atoms with E-state index in [0.717, 1.165) is 11.6 Å². The van der Waals surface area contributed by atoms with Crippen molar-refractivity contribution in [2.75, 3.05) is 31.1 Å². The van der Waals surface area contributed by atoms with Crippen LogP contribution in [0.15, 0.2) is 41.3 Å². The first-order chi connectivity index (χ1) is 13.7. The van der Waals surface area contributed by atoms with Gasteiger partial charge in [0.2, 0.25) is 10.0 Å². The maximum absolute atomic E-state index is 12.9. The topological polar surface area (TPSA) is 83.7 Å². The second-order valence-electron chi connectivity index (χ2n) is 8.08. The fourth-order valence-corrected chi connectivity index (χ4v) is 4.88. The van der Waals surface area contributed by atoms with Gasteiger partial charge < -0.3 is 4.90 Å². The summed E-state index contributed by atoms with van der Waals surface area (Å²) in [4.78, 5) is 2.34. The van der Waals surface area contributed by atoms with Crippen molar-refractivity contribution in [2.24, 2.45) is 0 Å². The third-order valence-corrected chi connectivity index (χ3v) is 7.10. The predicted molar refractivity (Wildman–Crippen MR) is 112 cm³/mol. The van der Waals surface area contributed by atoms with Crippen LogP contribution in [-0.2, 0) is 15.4 Å². The third kappa shape index (κ3) is 3.82. The molecule has 29 heavy (non-hydrogen) atoms. The highest BCUT2D eigenvalue weighted by atomic mass is 35.5. The number of fused-ring (bicyclic) bond motifs is 1. The first kappa shape index (κ1) is 20.1. The summed E-state index contributed by atoms with van der Waals surface area (Å²) in [5, 5.41) is 13.7. The van der Waals surface area contributed by atoms with Crippen LogP contribution >= 0.6 is 11.6 Å². The minimum Gasteiger partial charge on any atom is -0.353 e. The van der Waals surface area contributed by atoms with Crippen molar-refractivity contribution in [3.05, 3.63) is 47.2 Å². The number of hydrogen-bond donors (Lipinski definition) is 0. The van der Waals surface area contributed by atoms with Crippen molar-refractivity contribution in [2.45, 2.75) is 31.1 Å². The lowest BCUT2D eigenvalue weighted by atomic mass is 9.96. The molecule has 3 aromatic rings. The van der Waals surface area contributed by atoms with Crippen LogP contribution in [0.3, 0.4) is 0 Å². The van der Waals surface area contributed by atoms with Crippen molar-refractivity contribution < 1.29 is 8.42 Å². The van der Waals surface area contributed by atoms with Gasteiger partial charge in [-0.05, 0) is 36.4 Å². The number of rotatable bonds is 3. The average Bonchev–Trinajstić information content (AvgIpc) is 3.12. The normalized spacial score (nSPS) is 16.5. The molecule has 2 aromatic heterocycles. The Morgan fingerprint density at radius 3 is 2.21 bits per heavy atom. The molecular formula is C19H23ClN6O2S. The van der Waals surface area contributed by atoms with Gasteiger partial charge in [0.1, 0.15) is 5.82 Å². The fourth-order valence-electron chi connectivity index (χ4n) is 3.33. The molecule has 0 atom stereocenters. The van der Waals surface area contributed by atoms with Crippen LogP contribution in [0.5, 0.6) is 0 Å². The van der Waals surface area contributed by atoms with Gasteiger partial charge in [-0.3, -0.25) is 0 Å². The number of nitrogens with zero attached hydrogens (tertiary/aromatic N) is 6. The highest BCUT2D eigenvalue weighted by Crippen LogP contribution is 2.24. The lowest BCUT2D eigenvalue weighted by Crippen LogP contribution is -2.49. The van der Waals surface area contributed by atoms with Crippen molar-refractivity contribution in [3.8, 4) is 0 Å². The van der Waals surface area contributed by atoms with Gasteiger partial charge in [-0.2, -0.15) is 8.82 Å². The summed E-state index contributed by atoms with van der Waals surface area (Å²) in [7, 11) is -3.53. The van der Waals surface area contributed by atoms with Crippen molar-refractivity contribution in [3.63, 3.8) is 0 Å². The van der Waals surface area contributed by atoms with E-state index in [1.807, 2.05) is 12.1 Å². The molecule has 154 valence electrons. The largest absolute Gasteiger partial charge is 0.353 e. The van der Waals surface area contributed by atoms with E-state index in [-0.39, 0.29) is 10.3 Å². The molecule has 3 heterocycles. The van der Waals surface area contributed by atoms with Crippen molar-refractivity contribution >= 4 is 33.1 Å². The summed E-state index contributed by atoms with van der Waals surface area (Å²) >= 11 is 5.87. The van der Waals surface area contributed by atoms with Gasteiger partial charge >= 0.3 is 0 Å². The fraction of sp³-hybridized carbons (Fsp3) is 0.421. The predicted octanol–water partition coefficient (Wildman–Crippen LogP) is 2.59. The van der Waals surface area contributed by atoms with Crippen LogP contribution in [0.4, 0.5) is 5.82 Å². The molecule has 10 heteroatoms. The van der Waals surface area contributed by atoms with Gasteiger partial charge in [0.15, 0.2) is 11.5 Å². The SMILES string of the molecule is CC(C)(C)c1nnc2ccc(N3CCN(S(=O)(=O)c4ccc(Cl)cc4)CC3)nn12. The van der Waals surface area contributed by atoms with Gasteiger partial charge in [-0.15, -0.1) is 15.3 Å². The Hall–Kier alpha value is -2.23. The van der Waals surface area contributed by atoms with Gasteiger partial charge in [0, 0.05) is 36.6 Å². The maximum Gasteiger partial charge on any atom is 0.243 e. The smallest absolute Gasteiger partial charge is 0.243 e. The molecule has 0 N–H and O–H groups in total. The zero-order chi connectivity index (χ0) is 20.8. The van der Waals surface area contributed by atoms with Gasteiger partial charge in [0.25, 0.3) is 0 Å². The van der Waals surface area contributed by atoms with Crippen LogP contribution < -0.4 is 4.90 Å². The Bertz CT molecular complexity index is 1130. The molecule has 0 aliphatic carbocycles. The molecule has 1 aromatic carbocycles. The first-order valence-corrected chi connectivity index (χ1v) is 11.2. The number of hydrogen-bond acceptors (Lipinski definition) is 6. The highest BCUT2D eigenvalue weighted by Gasteiger charge is 2.29. The zero-order valence-corrected chi connectivity index (χ0v) is 18.2. The second-order valence-corrected chi connectivity index (χ2v) is 10.5. The van der Waals surface area contributed by atoms with E-state index in [1.54, 1.807) is 28.8 Å². The number of piperazine rings is 1. The number of benzene rings is 1. The minimum atomic E-state index is -3.53. The first-order valence-electron chi connectivity index (χ1n) is 9.40. The number of halogens is 1. The van der Waals surface area contributed by atoms with Gasteiger partial charge in [-0.25, -0.2) is 8.42 Å². The number of aromatic nitrogens is 4. The summed E-state index contributed by atoms with van der Waals surface area (Å²) in [5.41, 5.74) is 0.513. The van der Waals surface area contributed by atoms with Crippen LogP contribution in [0.25, 0.3) is 5.65 Å². The van der Waals surface area contributed by atoms with E-state index in [2.05, 4.69) is 35.9 Å². The highest BCUT2D eigenvalue weighted by molar-refractivity contribution is 7.89. The summed E-state index contributed by atoms with van der Waals surface area (Å²) in [5.74, 6) is 1.57. The van der Waals surface area contributed by atoms with Crippen LogP contribution in [0, 0.1) is 0 Å². The Morgan fingerprint density at radius 2 is 1.59 bits per heavy atom. The van der Waals surface area contributed by atoms with E-state index >= 15 is 0 Å². The molecule has 1 aliphatic rings. The monoisotopic (exact) mass is 434 g/mol. The molecule has 4 rings (SSSR count). The van der Waals surface area contributed by atoms with Crippen LogP contribution in [0.1, 0.15) is 26.6 Å². The quantitative estimate of drug-likeness (QED) is 0.630. The Morgan fingerprint density at radius 1 is 0.931 bits per heavy atom. The molecule has 0 amide bonds. The summed E-state index contributed by atoms with van der Waals surface area (Å²) in [6.07, 6.45) is 0. The Labute approximate surface area is 175 Å². The molecule has 0 bridgehead atoms. The van der Waals surface area contributed by atoms with E-state index in [0.29, 0.717) is 36.8 Å². The average molecular weight is 435 g/mol. The molecule has 0 saturated carbocycles. The lowest BCUT2D eigenvalue weighted by Gasteiger charge is -2.34. The molecule has 0 unspecified atom stereocenters. The van der Waals surface area contributed by atoms with Gasteiger partial charge in [0.05, 0.1) is 4.90 Å². The number of anilines is 1. The molecule has 8 nitrogen and oxygen atoms in total. The molecular weight excluding hydrogens is 412 g/mol. The summed E-state index contributed by atoms with van der Waals surface area (Å²) in [6, 6.07) is 10.1. The Balaban J connectivity index is 1.53. The van der Waals surface area contributed by atoms with E-state index < -0.39 is 10.0 Å². The minimum absolute atomic E-state index is 0.184. The van der Waals surface area contributed by atoms with Crippen molar-refractivity contribution in [1.82, 2.24) is 24.1 Å². The molecule has 0 radical (unpaired) electrons. The van der Waals surface area contributed by atoms with E-state index in [4.69, 9.17) is 16.7 Å². The van der Waals surface area contributed by atoms with E-state index in [1.165, 1.54) is 4.31 Å². The summed E-state index contributed by atoms with van der Waals surface area (Å²) in [6.45, 7) is 8.09. The number of sulfonamides is 1. The molecule has 1 aliphatic heterocycles. The van der Waals surface area contributed by atoms with E-state index in [9.17, 15) is 8.42 Å².